The topological polar surface area (TPSA) is 13.1 Å². The molecule has 49 valence electrons. The van der Waals surface area contributed by atoms with E-state index in [-0.39, 0.29) is 0 Å². The quantitative estimate of drug-likeness (QED) is 0.559. The zero-order chi connectivity index (χ0) is 6.85. The van der Waals surface area contributed by atoms with Crippen LogP contribution in [-0.4, -0.2) is 0 Å². The van der Waals surface area contributed by atoms with Crippen molar-refractivity contribution in [1.29, 1.82) is 0 Å². The molecular formula is C8H11O. The minimum absolute atomic E-state index is 1.01. The second kappa shape index (κ2) is 2.26. The third-order valence-corrected chi connectivity index (χ3v) is 1.40. The van der Waals surface area contributed by atoms with E-state index in [1.807, 2.05) is 13.0 Å². The maximum absolute atomic E-state index is 5.10. The van der Waals surface area contributed by atoms with Gasteiger partial charge in [0.25, 0.3) is 0 Å². The van der Waals surface area contributed by atoms with Crippen LogP contribution in [0.25, 0.3) is 0 Å². The summed E-state index contributed by atoms with van der Waals surface area (Å²) >= 11 is 0. The molecule has 1 aromatic heterocycles. The monoisotopic (exact) mass is 123 g/mol. The van der Waals surface area contributed by atoms with E-state index in [2.05, 4.69) is 13.8 Å². The van der Waals surface area contributed by atoms with E-state index in [0.29, 0.717) is 0 Å². The lowest BCUT2D eigenvalue weighted by Crippen LogP contribution is -1.85. The fourth-order valence-corrected chi connectivity index (χ4v) is 0.904. The average molecular weight is 123 g/mol. The lowest BCUT2D eigenvalue weighted by molar-refractivity contribution is 0.531. The Kier molecular flexibility index (Phi) is 1.60. The van der Waals surface area contributed by atoms with Crippen molar-refractivity contribution in [2.45, 2.75) is 20.8 Å². The van der Waals surface area contributed by atoms with Crippen molar-refractivity contribution in [2.24, 2.45) is 0 Å². The molecule has 1 heteroatoms. The Labute approximate surface area is 55.7 Å². The van der Waals surface area contributed by atoms with Crippen molar-refractivity contribution < 1.29 is 4.42 Å². The van der Waals surface area contributed by atoms with Gasteiger partial charge in [0.1, 0.15) is 5.76 Å². The molecule has 1 heterocycles. The maximum atomic E-state index is 5.10. The molecule has 0 saturated heterocycles. The fraction of sp³-hybridized carbons (Fsp3) is 0.375. The number of hydrogen-bond donors (Lipinski definition) is 0. The molecule has 0 aliphatic rings. The van der Waals surface area contributed by atoms with E-state index in [1.54, 1.807) is 6.26 Å². The Morgan fingerprint density at radius 2 is 2.11 bits per heavy atom. The molecule has 1 radical (unpaired) electrons. The molecule has 0 spiro atoms. The van der Waals surface area contributed by atoms with Gasteiger partial charge in [0.2, 0.25) is 0 Å². The predicted molar refractivity (Wildman–Crippen MR) is 37.1 cm³/mol. The minimum atomic E-state index is 1.01. The number of hydrogen-bond acceptors (Lipinski definition) is 1. The number of aryl methyl sites for hydroxylation is 1. The summed E-state index contributed by atoms with van der Waals surface area (Å²) in [6.07, 6.45) is 1.72. The van der Waals surface area contributed by atoms with E-state index < -0.39 is 0 Å². The zero-order valence-electron chi connectivity index (χ0n) is 6.06. The molecule has 1 nitrogen and oxygen atoms in total. The minimum Gasteiger partial charge on any atom is -0.469 e. The normalized spacial score (nSPS) is 10.7. The van der Waals surface area contributed by atoms with Crippen molar-refractivity contribution >= 4 is 0 Å². The van der Waals surface area contributed by atoms with Crippen LogP contribution in [0.15, 0.2) is 16.7 Å². The van der Waals surface area contributed by atoms with E-state index in [4.69, 9.17) is 4.42 Å². The largest absolute Gasteiger partial charge is 0.469 e. The van der Waals surface area contributed by atoms with Crippen LogP contribution in [0.2, 0.25) is 0 Å². The first kappa shape index (κ1) is 6.40. The van der Waals surface area contributed by atoms with Crippen LogP contribution in [0.3, 0.4) is 0 Å². The van der Waals surface area contributed by atoms with E-state index in [0.717, 1.165) is 5.76 Å². The fourth-order valence-electron chi connectivity index (χ4n) is 0.904. The molecule has 0 aromatic carbocycles. The summed E-state index contributed by atoms with van der Waals surface area (Å²) in [6.45, 7) is 6.14. The highest BCUT2D eigenvalue weighted by Gasteiger charge is 2.04. The molecule has 1 rings (SSSR count). The second-order valence-corrected chi connectivity index (χ2v) is 2.39. The Balaban J connectivity index is 2.94. The SMILES string of the molecule is C[C](C)c1ccoc1C. The van der Waals surface area contributed by atoms with Crippen LogP contribution in [0.5, 0.6) is 0 Å². The first-order valence-electron chi connectivity index (χ1n) is 3.06. The molecule has 1 aromatic rings. The molecular weight excluding hydrogens is 112 g/mol. The first-order chi connectivity index (χ1) is 4.22. The Bertz CT molecular complexity index is 186. The summed E-state index contributed by atoms with van der Waals surface area (Å²) in [6, 6.07) is 1.99. The summed E-state index contributed by atoms with van der Waals surface area (Å²) in [5.74, 6) is 2.32. The Morgan fingerprint density at radius 3 is 2.33 bits per heavy atom. The summed E-state index contributed by atoms with van der Waals surface area (Å²) in [7, 11) is 0. The van der Waals surface area contributed by atoms with Crippen molar-refractivity contribution in [1.82, 2.24) is 0 Å². The van der Waals surface area contributed by atoms with Crippen LogP contribution < -0.4 is 0 Å². The Morgan fingerprint density at radius 1 is 1.44 bits per heavy atom. The summed E-state index contributed by atoms with van der Waals surface area (Å²) in [4.78, 5) is 0. The Hall–Kier alpha value is -0.720. The van der Waals surface area contributed by atoms with Gasteiger partial charge in [0.05, 0.1) is 6.26 Å². The molecule has 0 aliphatic carbocycles. The molecule has 0 amide bonds. The third kappa shape index (κ3) is 1.15. The van der Waals surface area contributed by atoms with Crippen molar-refractivity contribution in [3.63, 3.8) is 0 Å². The lowest BCUT2D eigenvalue weighted by atomic mass is 10.1. The molecule has 0 fully saturated rings. The van der Waals surface area contributed by atoms with Gasteiger partial charge in [-0.3, -0.25) is 0 Å². The molecule has 0 bridgehead atoms. The summed E-state index contributed by atoms with van der Waals surface area (Å²) < 4.78 is 5.10. The van der Waals surface area contributed by atoms with Gasteiger partial charge in [-0.05, 0) is 18.6 Å². The van der Waals surface area contributed by atoms with Crippen LogP contribution in [0.4, 0.5) is 0 Å². The van der Waals surface area contributed by atoms with Crippen LogP contribution >= 0.6 is 0 Å². The van der Waals surface area contributed by atoms with Gasteiger partial charge in [-0.15, -0.1) is 0 Å². The van der Waals surface area contributed by atoms with Crippen LogP contribution in [0.1, 0.15) is 25.2 Å². The van der Waals surface area contributed by atoms with Crippen LogP contribution in [0, 0.1) is 12.8 Å². The molecule has 0 unspecified atom stereocenters. The van der Waals surface area contributed by atoms with Crippen molar-refractivity contribution in [3.8, 4) is 0 Å². The summed E-state index contributed by atoms with van der Waals surface area (Å²) in [5.41, 5.74) is 1.23. The molecule has 0 aliphatic heterocycles. The van der Waals surface area contributed by atoms with Gasteiger partial charge in [-0.25, -0.2) is 0 Å². The molecule has 0 N–H and O–H groups in total. The highest BCUT2D eigenvalue weighted by atomic mass is 16.3. The number of furan rings is 1. The zero-order valence-corrected chi connectivity index (χ0v) is 6.06. The third-order valence-electron chi connectivity index (χ3n) is 1.40. The molecule has 0 atom stereocenters. The van der Waals surface area contributed by atoms with Gasteiger partial charge >= 0.3 is 0 Å². The molecule has 9 heavy (non-hydrogen) atoms. The molecule has 0 saturated carbocycles. The van der Waals surface area contributed by atoms with Crippen molar-refractivity contribution in [3.05, 3.63) is 29.6 Å². The maximum Gasteiger partial charge on any atom is 0.104 e. The van der Waals surface area contributed by atoms with Gasteiger partial charge in [0, 0.05) is 5.92 Å². The first-order valence-corrected chi connectivity index (χ1v) is 3.06. The van der Waals surface area contributed by atoms with Gasteiger partial charge in [-0.1, -0.05) is 13.8 Å². The van der Waals surface area contributed by atoms with Crippen LogP contribution in [-0.2, 0) is 0 Å². The lowest BCUT2D eigenvalue weighted by Gasteiger charge is -1.98. The number of rotatable bonds is 1. The van der Waals surface area contributed by atoms with Gasteiger partial charge in [-0.2, -0.15) is 0 Å². The summed E-state index contributed by atoms with van der Waals surface area (Å²) in [5, 5.41) is 0. The second-order valence-electron chi connectivity index (χ2n) is 2.39. The average Bonchev–Trinajstić information content (AvgIpc) is 2.13. The van der Waals surface area contributed by atoms with Crippen molar-refractivity contribution in [2.75, 3.05) is 0 Å². The van der Waals surface area contributed by atoms with E-state index in [9.17, 15) is 0 Å². The highest BCUT2D eigenvalue weighted by Crippen LogP contribution is 2.17. The smallest absolute Gasteiger partial charge is 0.104 e. The van der Waals surface area contributed by atoms with E-state index >= 15 is 0 Å². The standard InChI is InChI=1S/C8H11O/c1-6(2)8-4-5-9-7(8)3/h4-5H,1-3H3. The van der Waals surface area contributed by atoms with Gasteiger partial charge in [0.15, 0.2) is 0 Å². The highest BCUT2D eigenvalue weighted by molar-refractivity contribution is 5.29. The predicted octanol–water partition coefficient (Wildman–Crippen LogP) is 2.55. The van der Waals surface area contributed by atoms with E-state index in [1.165, 1.54) is 11.5 Å². The van der Waals surface area contributed by atoms with Gasteiger partial charge < -0.3 is 4.42 Å².